The fourth-order valence-electron chi connectivity index (χ4n) is 3.06. The molecule has 0 spiro atoms. The molecule has 5 heteroatoms. The molecule has 1 aliphatic heterocycles. The van der Waals surface area contributed by atoms with E-state index in [4.69, 9.17) is 9.47 Å². The number of ether oxygens (including phenoxy) is 2. The van der Waals surface area contributed by atoms with Gasteiger partial charge in [-0.05, 0) is 29.7 Å². The zero-order valence-corrected chi connectivity index (χ0v) is 14.8. The fraction of sp³-hybridized carbons (Fsp3) is 0.381. The maximum atomic E-state index is 13.1. The summed E-state index contributed by atoms with van der Waals surface area (Å²) >= 11 is 0. The van der Waals surface area contributed by atoms with Crippen LogP contribution in [0, 0.1) is 5.82 Å². The molecule has 0 bridgehead atoms. The maximum Gasteiger partial charge on any atom is 0.306 e. The number of hydrogen-bond acceptors (Lipinski definition) is 4. The zero-order valence-electron chi connectivity index (χ0n) is 14.8. The van der Waals surface area contributed by atoms with Gasteiger partial charge in [0, 0.05) is 26.1 Å². The predicted octanol–water partition coefficient (Wildman–Crippen LogP) is 3.20. The van der Waals surface area contributed by atoms with E-state index in [1.165, 1.54) is 17.7 Å². The van der Waals surface area contributed by atoms with Crippen molar-refractivity contribution in [1.82, 2.24) is 4.90 Å². The van der Waals surface area contributed by atoms with Gasteiger partial charge in [-0.2, -0.15) is 0 Å². The van der Waals surface area contributed by atoms with Gasteiger partial charge in [-0.3, -0.25) is 9.69 Å². The van der Waals surface area contributed by atoms with Gasteiger partial charge in [-0.1, -0.05) is 42.5 Å². The van der Waals surface area contributed by atoms with Crippen LogP contribution >= 0.6 is 0 Å². The van der Waals surface area contributed by atoms with Gasteiger partial charge in [0.05, 0.1) is 6.61 Å². The van der Waals surface area contributed by atoms with E-state index in [0.717, 1.165) is 25.2 Å². The van der Waals surface area contributed by atoms with Crippen LogP contribution in [0.3, 0.4) is 0 Å². The van der Waals surface area contributed by atoms with Crippen LogP contribution in [-0.2, 0) is 27.2 Å². The minimum atomic E-state index is -0.287. The molecule has 0 radical (unpaired) electrons. The Morgan fingerprint density at radius 3 is 2.77 bits per heavy atom. The van der Waals surface area contributed by atoms with Crippen LogP contribution in [-0.4, -0.2) is 43.3 Å². The lowest BCUT2D eigenvalue weighted by Crippen LogP contribution is -2.44. The molecule has 3 rings (SSSR count). The number of benzene rings is 2. The Kier molecular flexibility index (Phi) is 6.75. The number of halogens is 1. The molecule has 0 aliphatic carbocycles. The molecule has 1 saturated heterocycles. The monoisotopic (exact) mass is 357 g/mol. The lowest BCUT2D eigenvalue weighted by Gasteiger charge is -2.32. The molecule has 1 fully saturated rings. The van der Waals surface area contributed by atoms with Crippen LogP contribution in [0.15, 0.2) is 54.6 Å². The molecule has 0 amide bonds. The highest BCUT2D eigenvalue weighted by atomic mass is 19.1. The van der Waals surface area contributed by atoms with Crippen molar-refractivity contribution in [2.24, 2.45) is 0 Å². The summed E-state index contributed by atoms with van der Waals surface area (Å²) in [7, 11) is 0. The van der Waals surface area contributed by atoms with Gasteiger partial charge in [0.2, 0.25) is 0 Å². The number of nitrogens with zero attached hydrogens (tertiary/aromatic N) is 1. The maximum absolute atomic E-state index is 13.1. The van der Waals surface area contributed by atoms with E-state index in [1.54, 1.807) is 6.07 Å². The third-order valence-electron chi connectivity index (χ3n) is 4.41. The Hall–Kier alpha value is -2.24. The molecule has 138 valence electrons. The first-order valence-corrected chi connectivity index (χ1v) is 8.97. The van der Waals surface area contributed by atoms with Gasteiger partial charge in [-0.15, -0.1) is 0 Å². The molecule has 0 aromatic heterocycles. The normalized spacial score (nSPS) is 17.8. The molecule has 26 heavy (non-hydrogen) atoms. The van der Waals surface area contributed by atoms with E-state index in [0.29, 0.717) is 13.0 Å². The Morgan fingerprint density at radius 1 is 1.15 bits per heavy atom. The summed E-state index contributed by atoms with van der Waals surface area (Å²) < 4.78 is 24.2. The number of carbonyl (C=O) groups excluding carboxylic acids is 1. The van der Waals surface area contributed by atoms with Gasteiger partial charge in [0.15, 0.2) is 0 Å². The van der Waals surface area contributed by atoms with E-state index in [-0.39, 0.29) is 30.9 Å². The standard InChI is InChI=1S/C21H24FNO3/c22-19-8-4-7-17(13-19)9-10-21(24)26-16-20-15-23(11-12-25-20)14-18-5-2-1-3-6-18/h1-8,13,20H,9-12,14-16H2. The van der Waals surface area contributed by atoms with Crippen LogP contribution < -0.4 is 0 Å². The average Bonchev–Trinajstić information content (AvgIpc) is 2.66. The number of morpholine rings is 1. The highest BCUT2D eigenvalue weighted by Gasteiger charge is 2.22. The Labute approximate surface area is 153 Å². The summed E-state index contributed by atoms with van der Waals surface area (Å²) in [5.41, 5.74) is 2.06. The molecule has 0 saturated carbocycles. The Bertz CT molecular complexity index is 707. The van der Waals surface area contributed by atoms with Crippen molar-refractivity contribution in [3.8, 4) is 0 Å². The van der Waals surface area contributed by atoms with Gasteiger partial charge in [-0.25, -0.2) is 4.39 Å². The van der Waals surface area contributed by atoms with Crippen molar-refractivity contribution in [3.05, 3.63) is 71.5 Å². The zero-order chi connectivity index (χ0) is 18.2. The Balaban J connectivity index is 1.39. The first kappa shape index (κ1) is 18.5. The van der Waals surface area contributed by atoms with Crippen molar-refractivity contribution in [3.63, 3.8) is 0 Å². The van der Waals surface area contributed by atoms with Crippen LogP contribution in [0.2, 0.25) is 0 Å². The van der Waals surface area contributed by atoms with E-state index in [1.807, 2.05) is 24.3 Å². The summed E-state index contributed by atoms with van der Waals surface area (Å²) in [6.07, 6.45) is 0.608. The second-order valence-electron chi connectivity index (χ2n) is 6.53. The first-order valence-electron chi connectivity index (χ1n) is 8.97. The van der Waals surface area contributed by atoms with Crippen LogP contribution in [0.25, 0.3) is 0 Å². The fourth-order valence-corrected chi connectivity index (χ4v) is 3.06. The summed E-state index contributed by atoms with van der Waals surface area (Å²) in [5, 5.41) is 0. The van der Waals surface area contributed by atoms with Gasteiger partial charge >= 0.3 is 5.97 Å². The second kappa shape index (κ2) is 9.46. The molecule has 0 N–H and O–H groups in total. The molecule has 2 aromatic rings. The molecule has 1 atom stereocenters. The molecule has 4 nitrogen and oxygen atoms in total. The van der Waals surface area contributed by atoms with Gasteiger partial charge < -0.3 is 9.47 Å². The number of aryl methyl sites for hydroxylation is 1. The minimum absolute atomic E-state index is 0.106. The molecule has 1 unspecified atom stereocenters. The third-order valence-corrected chi connectivity index (χ3v) is 4.41. The number of esters is 1. The number of hydrogen-bond donors (Lipinski definition) is 0. The van der Waals surface area contributed by atoms with Crippen LogP contribution in [0.5, 0.6) is 0 Å². The quantitative estimate of drug-likeness (QED) is 0.714. The number of carbonyl (C=O) groups is 1. The molecular weight excluding hydrogens is 333 g/mol. The average molecular weight is 357 g/mol. The van der Waals surface area contributed by atoms with E-state index in [2.05, 4.69) is 17.0 Å². The lowest BCUT2D eigenvalue weighted by molar-refractivity contribution is -0.150. The largest absolute Gasteiger partial charge is 0.463 e. The van der Waals surface area contributed by atoms with Crippen molar-refractivity contribution in [1.29, 1.82) is 0 Å². The predicted molar refractivity (Wildman–Crippen MR) is 97.1 cm³/mol. The van der Waals surface area contributed by atoms with E-state index in [9.17, 15) is 9.18 Å². The molecule has 1 heterocycles. The third kappa shape index (κ3) is 5.93. The highest BCUT2D eigenvalue weighted by Crippen LogP contribution is 2.12. The first-order chi connectivity index (χ1) is 12.7. The molecular formula is C21H24FNO3. The van der Waals surface area contributed by atoms with Crippen LogP contribution in [0.1, 0.15) is 17.5 Å². The van der Waals surface area contributed by atoms with Crippen molar-refractivity contribution in [2.75, 3.05) is 26.3 Å². The smallest absolute Gasteiger partial charge is 0.306 e. The number of rotatable bonds is 7. The topological polar surface area (TPSA) is 38.8 Å². The summed E-state index contributed by atoms with van der Waals surface area (Å²) in [5.74, 6) is -0.567. The van der Waals surface area contributed by atoms with Crippen molar-refractivity contribution >= 4 is 5.97 Å². The summed E-state index contributed by atoms with van der Waals surface area (Å²) in [6.45, 7) is 3.38. The van der Waals surface area contributed by atoms with Crippen molar-refractivity contribution < 1.29 is 18.7 Å². The highest BCUT2D eigenvalue weighted by molar-refractivity contribution is 5.69. The second-order valence-corrected chi connectivity index (χ2v) is 6.53. The summed E-state index contributed by atoms with van der Waals surface area (Å²) in [4.78, 5) is 14.2. The SMILES string of the molecule is O=C(CCc1cccc(F)c1)OCC1CN(Cc2ccccc2)CCO1. The van der Waals surface area contributed by atoms with Gasteiger partial charge in [0.25, 0.3) is 0 Å². The Morgan fingerprint density at radius 2 is 1.96 bits per heavy atom. The van der Waals surface area contributed by atoms with E-state index < -0.39 is 0 Å². The van der Waals surface area contributed by atoms with Gasteiger partial charge in [0.1, 0.15) is 18.5 Å². The molecule has 1 aliphatic rings. The van der Waals surface area contributed by atoms with Crippen molar-refractivity contribution in [2.45, 2.75) is 25.5 Å². The minimum Gasteiger partial charge on any atom is -0.463 e. The van der Waals surface area contributed by atoms with E-state index >= 15 is 0 Å². The lowest BCUT2D eigenvalue weighted by atomic mass is 10.1. The molecule has 2 aromatic carbocycles. The summed E-state index contributed by atoms with van der Waals surface area (Å²) in [6, 6.07) is 16.6. The van der Waals surface area contributed by atoms with Crippen LogP contribution in [0.4, 0.5) is 4.39 Å².